The Morgan fingerprint density at radius 2 is 1.82 bits per heavy atom. The molecule has 0 bridgehead atoms. The largest absolute Gasteiger partial charge is 0.369 e. The third-order valence-electron chi connectivity index (χ3n) is 2.69. The van der Waals surface area contributed by atoms with E-state index in [1.54, 1.807) is 30.3 Å². The summed E-state index contributed by atoms with van der Waals surface area (Å²) in [5.74, 6) is -0.596. The van der Waals surface area contributed by atoms with Crippen LogP contribution in [0.2, 0.25) is 10.0 Å². The summed E-state index contributed by atoms with van der Waals surface area (Å²) in [4.78, 5) is 23.9. The van der Waals surface area contributed by atoms with Gasteiger partial charge in [-0.1, -0.05) is 35.3 Å². The molecule has 0 aliphatic heterocycles. The molecule has 0 aliphatic rings. The van der Waals surface area contributed by atoms with E-state index >= 15 is 0 Å². The minimum absolute atomic E-state index is 0.139. The van der Waals surface area contributed by atoms with Crippen molar-refractivity contribution in [3.63, 3.8) is 0 Å². The highest BCUT2D eigenvalue weighted by atomic mass is 35.5. The van der Waals surface area contributed by atoms with Gasteiger partial charge in [-0.2, -0.15) is 0 Å². The molecule has 0 heterocycles. The molecule has 4 nitrogen and oxygen atoms in total. The molecule has 0 unspecified atom stereocenters. The van der Waals surface area contributed by atoms with Gasteiger partial charge in [0.15, 0.2) is 0 Å². The molecule has 0 atom stereocenters. The molecule has 2 aromatic rings. The van der Waals surface area contributed by atoms with E-state index in [-0.39, 0.29) is 11.7 Å². The van der Waals surface area contributed by atoms with Gasteiger partial charge in [-0.25, -0.2) is 0 Å². The molecule has 2 rings (SSSR count). The average Bonchev–Trinajstić information content (AvgIpc) is 2.49. The molecule has 7 heteroatoms. The lowest BCUT2D eigenvalue weighted by Gasteiger charge is -2.10. The second-order valence-corrected chi connectivity index (χ2v) is 6.17. The number of para-hydroxylation sites is 1. The van der Waals surface area contributed by atoms with Gasteiger partial charge in [-0.3, -0.25) is 9.59 Å². The van der Waals surface area contributed by atoms with Crippen LogP contribution >= 0.6 is 35.0 Å². The van der Waals surface area contributed by atoms with Crippen molar-refractivity contribution < 1.29 is 9.59 Å². The summed E-state index contributed by atoms with van der Waals surface area (Å²) < 4.78 is 0. The number of carbonyl (C=O) groups excluding carboxylic acids is 2. The van der Waals surface area contributed by atoms with Crippen LogP contribution in [0.5, 0.6) is 0 Å². The number of nitrogens with one attached hydrogen (secondary N) is 1. The lowest BCUT2D eigenvalue weighted by atomic mass is 10.2. The summed E-state index contributed by atoms with van der Waals surface area (Å²) in [5, 5.41) is 3.48. The number of primary amides is 1. The van der Waals surface area contributed by atoms with Crippen molar-refractivity contribution in [3.05, 3.63) is 58.1 Å². The number of halogens is 2. The van der Waals surface area contributed by atoms with Crippen LogP contribution in [0.4, 0.5) is 5.69 Å². The lowest BCUT2D eigenvalue weighted by molar-refractivity contribution is -0.115. The van der Waals surface area contributed by atoms with E-state index in [2.05, 4.69) is 5.32 Å². The van der Waals surface area contributed by atoms with E-state index in [1.807, 2.05) is 6.07 Å². The smallest absolute Gasteiger partial charge is 0.255 e. The van der Waals surface area contributed by atoms with Crippen molar-refractivity contribution in [2.24, 2.45) is 5.73 Å². The maximum atomic E-state index is 12.3. The summed E-state index contributed by atoms with van der Waals surface area (Å²) in [6.07, 6.45) is 0. The van der Waals surface area contributed by atoms with Crippen LogP contribution in [-0.4, -0.2) is 17.6 Å². The van der Waals surface area contributed by atoms with E-state index in [4.69, 9.17) is 28.9 Å². The molecule has 2 amide bonds. The zero-order chi connectivity index (χ0) is 16.1. The summed E-state index contributed by atoms with van der Waals surface area (Å²) >= 11 is 13.0. The first kappa shape index (κ1) is 16.7. The number of thioether (sulfide) groups is 1. The Morgan fingerprint density at radius 1 is 1.09 bits per heavy atom. The molecule has 0 aromatic heterocycles. The molecule has 3 N–H and O–H groups in total. The highest BCUT2D eigenvalue weighted by Gasteiger charge is 2.11. The van der Waals surface area contributed by atoms with Crippen LogP contribution in [-0.2, 0) is 4.79 Å². The summed E-state index contributed by atoms with van der Waals surface area (Å²) in [5.41, 5.74) is 6.13. The molecule has 0 saturated heterocycles. The Balaban J connectivity index is 2.17. The maximum Gasteiger partial charge on any atom is 0.255 e. The van der Waals surface area contributed by atoms with E-state index in [1.165, 1.54) is 17.8 Å². The number of anilines is 1. The fourth-order valence-electron chi connectivity index (χ4n) is 1.68. The molecule has 0 saturated carbocycles. The Hall–Kier alpha value is -1.69. The van der Waals surface area contributed by atoms with Gasteiger partial charge in [0.2, 0.25) is 5.91 Å². The van der Waals surface area contributed by atoms with Crippen LogP contribution < -0.4 is 11.1 Å². The van der Waals surface area contributed by atoms with Crippen LogP contribution in [0, 0.1) is 0 Å². The average molecular weight is 355 g/mol. The summed E-state index contributed by atoms with van der Waals surface area (Å²) in [7, 11) is 0. The van der Waals surface area contributed by atoms with Crippen LogP contribution in [0.15, 0.2) is 47.4 Å². The van der Waals surface area contributed by atoms with E-state index < -0.39 is 5.91 Å². The zero-order valence-electron chi connectivity index (χ0n) is 11.3. The van der Waals surface area contributed by atoms with Gasteiger partial charge >= 0.3 is 0 Å². The molecule has 114 valence electrons. The fourth-order valence-corrected chi connectivity index (χ4v) is 2.72. The minimum atomic E-state index is -0.421. The molecule has 0 aliphatic carbocycles. The number of carbonyl (C=O) groups is 2. The summed E-state index contributed by atoms with van der Waals surface area (Å²) in [6, 6.07) is 11.8. The number of hydrogen-bond acceptors (Lipinski definition) is 3. The number of nitrogens with two attached hydrogens (primary N) is 1. The van der Waals surface area contributed by atoms with Gasteiger partial charge in [0.1, 0.15) is 0 Å². The van der Waals surface area contributed by atoms with Crippen molar-refractivity contribution in [3.8, 4) is 0 Å². The highest BCUT2D eigenvalue weighted by Crippen LogP contribution is 2.28. The molecular formula is C15H12Cl2N2O2S. The maximum absolute atomic E-state index is 12.3. The van der Waals surface area contributed by atoms with Crippen LogP contribution in [0.1, 0.15) is 10.4 Å². The van der Waals surface area contributed by atoms with Gasteiger partial charge in [-0.15, -0.1) is 11.8 Å². The van der Waals surface area contributed by atoms with Crippen molar-refractivity contribution in [2.45, 2.75) is 4.90 Å². The lowest BCUT2D eigenvalue weighted by Crippen LogP contribution is -2.14. The molecule has 0 radical (unpaired) electrons. The third kappa shape index (κ3) is 4.40. The summed E-state index contributed by atoms with van der Waals surface area (Å²) in [6.45, 7) is 0. The van der Waals surface area contributed by atoms with E-state index in [9.17, 15) is 9.59 Å². The monoisotopic (exact) mass is 354 g/mol. The van der Waals surface area contributed by atoms with Crippen molar-refractivity contribution >= 4 is 52.5 Å². The first-order chi connectivity index (χ1) is 10.5. The molecule has 0 fully saturated rings. The van der Waals surface area contributed by atoms with Gasteiger partial charge in [0.25, 0.3) is 5.91 Å². The second kappa shape index (κ2) is 7.54. The van der Waals surface area contributed by atoms with Crippen LogP contribution in [0.25, 0.3) is 0 Å². The third-order valence-corrected chi connectivity index (χ3v) is 4.52. The standard InChI is InChI=1S/C15H12Cl2N2O2S/c16-10-6-5-9(7-11(10)17)15(21)19-12-3-1-2-4-13(12)22-8-14(18)20/h1-7H,8H2,(H2,18,20)(H,19,21). The number of hydrogen-bond donors (Lipinski definition) is 2. The Morgan fingerprint density at radius 3 is 2.50 bits per heavy atom. The van der Waals surface area contributed by atoms with Crippen molar-refractivity contribution in [2.75, 3.05) is 11.1 Å². The number of rotatable bonds is 5. The number of amides is 2. The molecule has 2 aromatic carbocycles. The predicted octanol–water partition coefficient (Wildman–Crippen LogP) is 3.82. The van der Waals surface area contributed by atoms with Gasteiger partial charge < -0.3 is 11.1 Å². The van der Waals surface area contributed by atoms with E-state index in [0.717, 1.165) is 4.90 Å². The molecule has 0 spiro atoms. The highest BCUT2D eigenvalue weighted by molar-refractivity contribution is 8.00. The van der Waals surface area contributed by atoms with Gasteiger partial charge in [0, 0.05) is 10.5 Å². The van der Waals surface area contributed by atoms with Crippen molar-refractivity contribution in [1.82, 2.24) is 0 Å². The topological polar surface area (TPSA) is 72.2 Å². The fraction of sp³-hybridized carbons (Fsp3) is 0.0667. The number of benzene rings is 2. The SMILES string of the molecule is NC(=O)CSc1ccccc1NC(=O)c1ccc(Cl)c(Cl)c1. The van der Waals surface area contributed by atoms with Crippen LogP contribution in [0.3, 0.4) is 0 Å². The first-order valence-corrected chi connectivity index (χ1v) is 7.98. The first-order valence-electron chi connectivity index (χ1n) is 6.24. The second-order valence-electron chi connectivity index (χ2n) is 4.33. The quantitative estimate of drug-likeness (QED) is 0.801. The minimum Gasteiger partial charge on any atom is -0.369 e. The van der Waals surface area contributed by atoms with Crippen molar-refractivity contribution in [1.29, 1.82) is 0 Å². The van der Waals surface area contributed by atoms with E-state index in [0.29, 0.717) is 21.3 Å². The Kier molecular flexibility index (Phi) is 5.71. The van der Waals surface area contributed by atoms with Gasteiger partial charge in [0.05, 0.1) is 21.5 Å². The Labute approximate surface area is 142 Å². The molecular weight excluding hydrogens is 343 g/mol. The molecule has 22 heavy (non-hydrogen) atoms. The van der Waals surface area contributed by atoms with Gasteiger partial charge in [-0.05, 0) is 30.3 Å². The normalized spacial score (nSPS) is 10.3. The Bertz CT molecular complexity index is 722. The zero-order valence-corrected chi connectivity index (χ0v) is 13.6. The predicted molar refractivity (Wildman–Crippen MR) is 90.8 cm³/mol.